The number of aromatic nitrogens is 4. The monoisotopic (exact) mass is 316 g/mol. The van der Waals surface area contributed by atoms with Gasteiger partial charge in [0.05, 0.1) is 17.9 Å². The number of H-pyrrole nitrogens is 1. The van der Waals surface area contributed by atoms with Gasteiger partial charge in [-0.1, -0.05) is 60.7 Å². The number of nitrogens with one attached hydrogen (secondary N) is 1. The Hall–Kier alpha value is -3.21. The molecule has 5 heteroatoms. The quantitative estimate of drug-likeness (QED) is 0.630. The van der Waals surface area contributed by atoms with Gasteiger partial charge in [-0.25, -0.2) is 14.8 Å². The van der Waals surface area contributed by atoms with Gasteiger partial charge in [-0.15, -0.1) is 0 Å². The molecule has 0 aliphatic heterocycles. The van der Waals surface area contributed by atoms with Crippen LogP contribution >= 0.6 is 0 Å². The number of hydrogen-bond donors (Lipinski definition) is 1. The minimum Gasteiger partial charge on any atom is -0.289 e. The molecule has 0 saturated heterocycles. The molecule has 1 atom stereocenters. The second-order valence-corrected chi connectivity index (χ2v) is 5.68. The molecule has 4 aromatic rings. The van der Waals surface area contributed by atoms with Gasteiger partial charge in [-0.2, -0.15) is 0 Å². The van der Waals surface area contributed by atoms with Crippen LogP contribution in [0.25, 0.3) is 22.6 Å². The Morgan fingerprint density at radius 3 is 2.38 bits per heavy atom. The van der Waals surface area contributed by atoms with Crippen LogP contribution in [0.4, 0.5) is 0 Å². The van der Waals surface area contributed by atoms with Crippen LogP contribution in [0.15, 0.2) is 71.7 Å². The van der Waals surface area contributed by atoms with Crippen molar-refractivity contribution in [3.05, 3.63) is 82.9 Å². The van der Waals surface area contributed by atoms with Crippen LogP contribution in [0, 0.1) is 0 Å². The van der Waals surface area contributed by atoms with Crippen LogP contribution in [0.3, 0.4) is 0 Å². The number of hydrogen-bond acceptors (Lipinski definition) is 3. The molecule has 1 N–H and O–H groups in total. The highest BCUT2D eigenvalue weighted by Crippen LogP contribution is 2.22. The molecule has 1 unspecified atom stereocenters. The number of aromatic amines is 1. The standard InChI is InChI=1S/C19H16N4O/c1-13(14-8-4-2-5-9-14)23-18-17(22-19(23)24)20-12-16(21-18)15-10-6-3-7-11-15/h2-13H,1H3,(H,20,22,24). The highest BCUT2D eigenvalue weighted by atomic mass is 16.1. The van der Waals surface area contributed by atoms with E-state index in [-0.39, 0.29) is 11.7 Å². The van der Waals surface area contributed by atoms with Crippen molar-refractivity contribution in [2.45, 2.75) is 13.0 Å². The first kappa shape index (κ1) is 14.4. The Labute approximate surface area is 138 Å². The zero-order chi connectivity index (χ0) is 16.5. The molecule has 0 spiro atoms. The van der Waals surface area contributed by atoms with Crippen molar-refractivity contribution in [2.75, 3.05) is 0 Å². The van der Waals surface area contributed by atoms with Crippen molar-refractivity contribution in [2.24, 2.45) is 0 Å². The Morgan fingerprint density at radius 2 is 1.67 bits per heavy atom. The molecule has 0 aliphatic carbocycles. The Bertz CT molecular complexity index is 1040. The van der Waals surface area contributed by atoms with Gasteiger partial charge in [-0.05, 0) is 12.5 Å². The van der Waals surface area contributed by atoms with E-state index in [0.29, 0.717) is 11.3 Å². The molecule has 0 amide bonds. The van der Waals surface area contributed by atoms with Gasteiger partial charge < -0.3 is 0 Å². The third kappa shape index (κ3) is 2.40. The summed E-state index contributed by atoms with van der Waals surface area (Å²) in [6.45, 7) is 1.99. The van der Waals surface area contributed by atoms with Crippen molar-refractivity contribution in [3.63, 3.8) is 0 Å². The molecule has 2 heterocycles. The van der Waals surface area contributed by atoms with Crippen LogP contribution in [-0.4, -0.2) is 19.5 Å². The summed E-state index contributed by atoms with van der Waals surface area (Å²) in [7, 11) is 0. The predicted molar refractivity (Wildman–Crippen MR) is 93.8 cm³/mol. The lowest BCUT2D eigenvalue weighted by Gasteiger charge is -2.13. The van der Waals surface area contributed by atoms with Gasteiger partial charge in [0.1, 0.15) is 0 Å². The fraction of sp³-hybridized carbons (Fsp3) is 0.105. The lowest BCUT2D eigenvalue weighted by molar-refractivity contribution is 0.631. The van der Waals surface area contributed by atoms with Gasteiger partial charge in [0.15, 0.2) is 11.3 Å². The molecule has 2 aromatic heterocycles. The molecule has 5 nitrogen and oxygen atoms in total. The molecule has 0 aliphatic rings. The van der Waals surface area contributed by atoms with E-state index in [1.54, 1.807) is 10.8 Å². The maximum absolute atomic E-state index is 12.4. The average Bonchev–Trinajstić information content (AvgIpc) is 2.97. The van der Waals surface area contributed by atoms with Gasteiger partial charge in [-0.3, -0.25) is 9.55 Å². The average molecular weight is 316 g/mol. The Balaban J connectivity index is 1.89. The molecule has 24 heavy (non-hydrogen) atoms. The van der Waals surface area contributed by atoms with Crippen molar-refractivity contribution >= 4 is 11.3 Å². The Kier molecular flexibility index (Phi) is 3.46. The van der Waals surface area contributed by atoms with Crippen molar-refractivity contribution in [1.82, 2.24) is 19.5 Å². The van der Waals surface area contributed by atoms with Crippen LogP contribution in [-0.2, 0) is 0 Å². The van der Waals surface area contributed by atoms with Crippen LogP contribution in [0.2, 0.25) is 0 Å². The molecule has 0 bridgehead atoms. The largest absolute Gasteiger partial charge is 0.329 e. The molecule has 0 fully saturated rings. The van der Waals surface area contributed by atoms with Gasteiger partial charge in [0, 0.05) is 5.56 Å². The summed E-state index contributed by atoms with van der Waals surface area (Å²) in [6.07, 6.45) is 1.69. The summed E-state index contributed by atoms with van der Waals surface area (Å²) in [5.74, 6) is 0. The first-order chi connectivity index (χ1) is 11.7. The minimum atomic E-state index is -0.202. The third-order valence-electron chi connectivity index (χ3n) is 4.17. The van der Waals surface area contributed by atoms with E-state index < -0.39 is 0 Å². The number of rotatable bonds is 3. The van der Waals surface area contributed by atoms with Crippen LogP contribution in [0.5, 0.6) is 0 Å². The van der Waals surface area contributed by atoms with Crippen molar-refractivity contribution in [3.8, 4) is 11.3 Å². The normalized spacial score (nSPS) is 12.4. The smallest absolute Gasteiger partial charge is 0.289 e. The number of imidazole rings is 1. The molecule has 2 aromatic carbocycles. The fourth-order valence-electron chi connectivity index (χ4n) is 2.88. The summed E-state index contributed by atoms with van der Waals surface area (Å²) < 4.78 is 1.66. The summed E-state index contributed by atoms with van der Waals surface area (Å²) in [4.78, 5) is 24.3. The fourth-order valence-corrected chi connectivity index (χ4v) is 2.88. The third-order valence-corrected chi connectivity index (χ3v) is 4.17. The van der Waals surface area contributed by atoms with Gasteiger partial charge in [0.25, 0.3) is 0 Å². The van der Waals surface area contributed by atoms with Crippen molar-refractivity contribution in [1.29, 1.82) is 0 Å². The topological polar surface area (TPSA) is 63.6 Å². The van der Waals surface area contributed by atoms with E-state index in [0.717, 1.165) is 16.8 Å². The predicted octanol–water partition coefficient (Wildman–Crippen LogP) is 3.40. The Morgan fingerprint density at radius 1 is 1.00 bits per heavy atom. The van der Waals surface area contributed by atoms with E-state index in [9.17, 15) is 4.79 Å². The minimum absolute atomic E-state index is 0.132. The number of fused-ring (bicyclic) bond motifs is 1. The summed E-state index contributed by atoms with van der Waals surface area (Å²) in [5, 5.41) is 0. The first-order valence-electron chi connectivity index (χ1n) is 7.81. The SMILES string of the molecule is CC(c1ccccc1)n1c(=O)[nH]c2ncc(-c3ccccc3)nc21. The molecule has 0 radical (unpaired) electrons. The van der Waals surface area contributed by atoms with Crippen LogP contribution in [0.1, 0.15) is 18.5 Å². The van der Waals surface area contributed by atoms with Gasteiger partial charge in [0.2, 0.25) is 0 Å². The lowest BCUT2D eigenvalue weighted by Crippen LogP contribution is -2.21. The maximum atomic E-state index is 12.4. The van der Waals surface area contributed by atoms with E-state index >= 15 is 0 Å². The maximum Gasteiger partial charge on any atom is 0.329 e. The molecule has 4 rings (SSSR count). The van der Waals surface area contributed by atoms with E-state index in [2.05, 4.69) is 15.0 Å². The van der Waals surface area contributed by atoms with Crippen molar-refractivity contribution < 1.29 is 0 Å². The molecule has 118 valence electrons. The zero-order valence-electron chi connectivity index (χ0n) is 13.2. The van der Waals surface area contributed by atoms with E-state index in [1.807, 2.05) is 67.6 Å². The first-order valence-corrected chi connectivity index (χ1v) is 7.81. The van der Waals surface area contributed by atoms with E-state index in [1.165, 1.54) is 0 Å². The molecular formula is C19H16N4O. The lowest BCUT2D eigenvalue weighted by atomic mass is 10.1. The van der Waals surface area contributed by atoms with Gasteiger partial charge >= 0.3 is 5.69 Å². The second-order valence-electron chi connectivity index (χ2n) is 5.68. The summed E-state index contributed by atoms with van der Waals surface area (Å²) >= 11 is 0. The highest BCUT2D eigenvalue weighted by molar-refractivity contribution is 5.71. The second kappa shape index (κ2) is 5.77. The molecular weight excluding hydrogens is 300 g/mol. The summed E-state index contributed by atoms with van der Waals surface area (Å²) in [5.41, 5.74) is 3.63. The molecule has 0 saturated carbocycles. The number of benzene rings is 2. The zero-order valence-corrected chi connectivity index (χ0v) is 13.2. The van der Waals surface area contributed by atoms with Crippen LogP contribution < -0.4 is 5.69 Å². The summed E-state index contributed by atoms with van der Waals surface area (Å²) in [6, 6.07) is 19.6. The highest BCUT2D eigenvalue weighted by Gasteiger charge is 2.17. The number of nitrogens with zero attached hydrogens (tertiary/aromatic N) is 3. The van der Waals surface area contributed by atoms with E-state index in [4.69, 9.17) is 0 Å².